The van der Waals surface area contributed by atoms with Crippen LogP contribution in [0.2, 0.25) is 0 Å². The highest BCUT2D eigenvalue weighted by molar-refractivity contribution is 5.22. The topological polar surface area (TPSA) is 12.0 Å². The van der Waals surface area contributed by atoms with Gasteiger partial charge in [0, 0.05) is 5.54 Å². The number of hydrogen-bond donors (Lipinski definition) is 1. The van der Waals surface area contributed by atoms with Gasteiger partial charge in [-0.15, -0.1) is 0 Å². The van der Waals surface area contributed by atoms with Crippen molar-refractivity contribution in [3.63, 3.8) is 0 Å². The van der Waals surface area contributed by atoms with Gasteiger partial charge in [0.15, 0.2) is 11.6 Å². The monoisotopic (exact) mass is 253 g/mol. The number of nitrogens with one attached hydrogen (secondary N) is 1. The van der Waals surface area contributed by atoms with Gasteiger partial charge in [-0.1, -0.05) is 26.8 Å². The first-order valence-corrected chi connectivity index (χ1v) is 6.53. The molecule has 1 aliphatic heterocycles. The molecular weight excluding hydrogens is 232 g/mol. The Morgan fingerprint density at radius 1 is 1.22 bits per heavy atom. The Bertz CT molecular complexity index is 429. The van der Waals surface area contributed by atoms with E-state index in [2.05, 4.69) is 26.1 Å². The molecule has 1 saturated heterocycles. The highest BCUT2D eigenvalue weighted by Crippen LogP contribution is 2.40. The smallest absolute Gasteiger partial charge is 0.159 e. The van der Waals surface area contributed by atoms with Gasteiger partial charge < -0.3 is 5.32 Å². The van der Waals surface area contributed by atoms with Crippen LogP contribution >= 0.6 is 0 Å². The molecule has 0 aliphatic carbocycles. The largest absolute Gasteiger partial charge is 0.310 e. The van der Waals surface area contributed by atoms with Crippen LogP contribution in [0.3, 0.4) is 0 Å². The Morgan fingerprint density at radius 2 is 1.94 bits per heavy atom. The lowest BCUT2D eigenvalue weighted by Gasteiger charge is -2.42. The van der Waals surface area contributed by atoms with Gasteiger partial charge in [-0.25, -0.2) is 8.78 Å². The molecule has 0 aromatic heterocycles. The van der Waals surface area contributed by atoms with Crippen LogP contribution in [0.4, 0.5) is 8.78 Å². The summed E-state index contributed by atoms with van der Waals surface area (Å²) in [6, 6.07) is 4.23. The van der Waals surface area contributed by atoms with Crippen molar-refractivity contribution in [3.05, 3.63) is 35.4 Å². The van der Waals surface area contributed by atoms with Crippen molar-refractivity contribution in [1.29, 1.82) is 0 Å². The Hall–Kier alpha value is -0.960. The molecule has 0 radical (unpaired) electrons. The molecule has 18 heavy (non-hydrogen) atoms. The number of halogens is 2. The Balaban J connectivity index is 2.27. The first-order chi connectivity index (χ1) is 8.34. The lowest BCUT2D eigenvalue weighted by Crippen LogP contribution is -2.52. The van der Waals surface area contributed by atoms with E-state index < -0.39 is 11.6 Å². The first-order valence-electron chi connectivity index (χ1n) is 6.53. The average Bonchev–Trinajstić information content (AvgIpc) is 2.73. The van der Waals surface area contributed by atoms with Crippen molar-refractivity contribution in [1.82, 2.24) is 5.32 Å². The number of rotatable bonds is 2. The zero-order chi connectivity index (χ0) is 13.4. The van der Waals surface area contributed by atoms with E-state index in [9.17, 15) is 8.78 Å². The second-order valence-corrected chi connectivity index (χ2v) is 6.29. The second-order valence-electron chi connectivity index (χ2n) is 6.29. The van der Waals surface area contributed by atoms with Crippen molar-refractivity contribution >= 4 is 0 Å². The van der Waals surface area contributed by atoms with E-state index in [0.29, 0.717) is 0 Å². The fourth-order valence-corrected chi connectivity index (χ4v) is 2.86. The van der Waals surface area contributed by atoms with E-state index in [0.717, 1.165) is 31.4 Å². The van der Waals surface area contributed by atoms with Gasteiger partial charge in [-0.05, 0) is 48.9 Å². The van der Waals surface area contributed by atoms with Crippen molar-refractivity contribution < 1.29 is 8.78 Å². The van der Waals surface area contributed by atoms with Crippen molar-refractivity contribution in [2.45, 2.75) is 45.6 Å². The highest BCUT2D eigenvalue weighted by atomic mass is 19.2. The van der Waals surface area contributed by atoms with E-state index in [1.807, 2.05) is 0 Å². The van der Waals surface area contributed by atoms with Crippen LogP contribution < -0.4 is 5.32 Å². The summed E-state index contributed by atoms with van der Waals surface area (Å²) >= 11 is 0. The summed E-state index contributed by atoms with van der Waals surface area (Å²) in [7, 11) is 0. The van der Waals surface area contributed by atoms with E-state index in [1.54, 1.807) is 6.07 Å². The summed E-state index contributed by atoms with van der Waals surface area (Å²) in [5.41, 5.74) is 0.934. The molecule has 0 amide bonds. The fraction of sp³-hybridized carbons (Fsp3) is 0.600. The summed E-state index contributed by atoms with van der Waals surface area (Å²) in [4.78, 5) is 0. The minimum Gasteiger partial charge on any atom is -0.310 e. The molecule has 100 valence electrons. The third kappa shape index (κ3) is 2.41. The summed E-state index contributed by atoms with van der Waals surface area (Å²) in [6.07, 6.45) is 2.96. The van der Waals surface area contributed by atoms with Crippen LogP contribution in [0.1, 0.15) is 39.2 Å². The summed E-state index contributed by atoms with van der Waals surface area (Å²) in [5, 5.41) is 3.58. The predicted octanol–water partition coefficient (Wildman–Crippen LogP) is 3.68. The van der Waals surface area contributed by atoms with Crippen LogP contribution in [0.25, 0.3) is 0 Å². The molecule has 1 N–H and O–H groups in total. The van der Waals surface area contributed by atoms with Gasteiger partial charge in [0.05, 0.1) is 0 Å². The molecule has 1 aromatic rings. The molecule has 1 nitrogen and oxygen atoms in total. The summed E-state index contributed by atoms with van der Waals surface area (Å²) < 4.78 is 26.2. The lowest BCUT2D eigenvalue weighted by atomic mass is 9.69. The molecule has 1 heterocycles. The molecular formula is C15H21F2N. The molecule has 1 atom stereocenters. The Morgan fingerprint density at radius 3 is 2.44 bits per heavy atom. The van der Waals surface area contributed by atoms with Gasteiger partial charge in [0.1, 0.15) is 0 Å². The maximum atomic E-state index is 13.3. The van der Waals surface area contributed by atoms with Crippen LogP contribution in [0.5, 0.6) is 0 Å². The SMILES string of the molecule is CC(C)(C)C1(Cc2ccc(F)c(F)c2)CCCN1. The molecule has 2 rings (SSSR count). The summed E-state index contributed by atoms with van der Waals surface area (Å²) in [5.74, 6) is -1.53. The molecule has 0 bridgehead atoms. The molecule has 1 aromatic carbocycles. The van der Waals surface area contributed by atoms with Crippen LogP contribution in [-0.2, 0) is 6.42 Å². The zero-order valence-electron chi connectivity index (χ0n) is 11.3. The third-order valence-electron chi connectivity index (χ3n) is 4.17. The minimum atomic E-state index is -0.775. The van der Waals surface area contributed by atoms with Crippen molar-refractivity contribution in [2.24, 2.45) is 5.41 Å². The van der Waals surface area contributed by atoms with Crippen molar-refractivity contribution in [3.8, 4) is 0 Å². The molecule has 0 spiro atoms. The normalized spacial score (nSPS) is 24.5. The Kier molecular flexibility index (Phi) is 3.45. The van der Waals surface area contributed by atoms with E-state index >= 15 is 0 Å². The average molecular weight is 253 g/mol. The second kappa shape index (κ2) is 4.61. The van der Waals surface area contributed by atoms with E-state index in [1.165, 1.54) is 12.1 Å². The van der Waals surface area contributed by atoms with E-state index in [4.69, 9.17) is 0 Å². The van der Waals surface area contributed by atoms with Crippen molar-refractivity contribution in [2.75, 3.05) is 6.54 Å². The van der Waals surface area contributed by atoms with Gasteiger partial charge >= 0.3 is 0 Å². The first kappa shape index (κ1) is 13.5. The minimum absolute atomic E-state index is 0.0166. The van der Waals surface area contributed by atoms with Gasteiger partial charge in [0.2, 0.25) is 0 Å². The fourth-order valence-electron chi connectivity index (χ4n) is 2.86. The third-order valence-corrected chi connectivity index (χ3v) is 4.17. The predicted molar refractivity (Wildman–Crippen MR) is 69.5 cm³/mol. The lowest BCUT2D eigenvalue weighted by molar-refractivity contribution is 0.159. The quantitative estimate of drug-likeness (QED) is 0.848. The maximum Gasteiger partial charge on any atom is 0.159 e. The molecule has 0 saturated carbocycles. The molecule has 1 fully saturated rings. The van der Waals surface area contributed by atoms with E-state index in [-0.39, 0.29) is 11.0 Å². The number of hydrogen-bond acceptors (Lipinski definition) is 1. The van der Waals surface area contributed by atoms with Crippen LogP contribution in [0.15, 0.2) is 18.2 Å². The Labute approximate surface area is 108 Å². The van der Waals surface area contributed by atoms with Gasteiger partial charge in [0.25, 0.3) is 0 Å². The standard InChI is InChI=1S/C15H21F2N/c1-14(2,3)15(7-4-8-18-15)10-11-5-6-12(16)13(17)9-11/h5-6,9,18H,4,7-8,10H2,1-3H3. The maximum absolute atomic E-state index is 13.3. The number of benzene rings is 1. The van der Waals surface area contributed by atoms with Gasteiger partial charge in [-0.2, -0.15) is 0 Å². The van der Waals surface area contributed by atoms with Crippen LogP contribution in [0, 0.1) is 17.0 Å². The zero-order valence-corrected chi connectivity index (χ0v) is 11.3. The summed E-state index contributed by atoms with van der Waals surface area (Å²) in [6.45, 7) is 7.60. The molecule has 3 heteroatoms. The van der Waals surface area contributed by atoms with Gasteiger partial charge in [-0.3, -0.25) is 0 Å². The molecule has 1 aliphatic rings. The van der Waals surface area contributed by atoms with Crippen LogP contribution in [-0.4, -0.2) is 12.1 Å². The highest BCUT2D eigenvalue weighted by Gasteiger charge is 2.43. The molecule has 1 unspecified atom stereocenters.